The molecule has 5 heteroatoms. The van der Waals surface area contributed by atoms with E-state index < -0.39 is 5.97 Å². The summed E-state index contributed by atoms with van der Waals surface area (Å²) < 4.78 is 1.02. The smallest absolute Gasteiger partial charge is 0.307 e. The van der Waals surface area contributed by atoms with Crippen molar-refractivity contribution in [3.8, 4) is 0 Å². The number of hydrogen-bond acceptors (Lipinski definition) is 3. The zero-order chi connectivity index (χ0) is 17.1. The van der Waals surface area contributed by atoms with Crippen LogP contribution in [0.5, 0.6) is 0 Å². The number of rotatable bonds is 4. The Morgan fingerprint density at radius 1 is 1.33 bits per heavy atom. The van der Waals surface area contributed by atoms with E-state index in [1.807, 2.05) is 37.3 Å². The lowest BCUT2D eigenvalue weighted by atomic mass is 9.93. The molecule has 0 radical (unpaired) electrons. The molecule has 0 bridgehead atoms. The molecule has 1 aromatic carbocycles. The Balaban J connectivity index is 2.00. The van der Waals surface area contributed by atoms with Crippen molar-refractivity contribution in [1.82, 2.24) is 9.88 Å². The fourth-order valence-electron chi connectivity index (χ4n) is 3.40. The summed E-state index contributed by atoms with van der Waals surface area (Å²) in [5.41, 5.74) is 3.08. The number of carbonyl (C=O) groups is 1. The quantitative estimate of drug-likeness (QED) is 0.858. The molecule has 0 spiro atoms. The highest BCUT2D eigenvalue weighted by atomic mass is 79.9. The van der Waals surface area contributed by atoms with Crippen LogP contribution in [0.1, 0.15) is 35.8 Å². The first-order valence-electron chi connectivity index (χ1n) is 8.20. The molecule has 1 aliphatic heterocycles. The van der Waals surface area contributed by atoms with Crippen molar-refractivity contribution in [3.05, 3.63) is 63.9 Å². The van der Waals surface area contributed by atoms with Crippen LogP contribution in [0.2, 0.25) is 0 Å². The van der Waals surface area contributed by atoms with Gasteiger partial charge in [-0.25, -0.2) is 0 Å². The maximum absolute atomic E-state index is 11.5. The summed E-state index contributed by atoms with van der Waals surface area (Å²) in [5.74, 6) is -1.01. The molecule has 1 fully saturated rings. The molecule has 1 aliphatic rings. The summed E-state index contributed by atoms with van der Waals surface area (Å²) in [5, 5.41) is 9.42. The van der Waals surface area contributed by atoms with Gasteiger partial charge in [-0.05, 0) is 56.1 Å². The third-order valence-corrected chi connectivity index (χ3v) is 5.01. The van der Waals surface area contributed by atoms with Gasteiger partial charge in [-0.3, -0.25) is 14.7 Å². The van der Waals surface area contributed by atoms with Crippen LogP contribution < -0.4 is 0 Å². The Morgan fingerprint density at radius 3 is 2.83 bits per heavy atom. The number of aromatic nitrogens is 1. The molecule has 1 saturated heterocycles. The molecule has 1 aromatic heterocycles. The van der Waals surface area contributed by atoms with Crippen molar-refractivity contribution in [3.63, 3.8) is 0 Å². The van der Waals surface area contributed by atoms with Crippen LogP contribution >= 0.6 is 15.9 Å². The van der Waals surface area contributed by atoms with E-state index in [0.29, 0.717) is 6.54 Å². The lowest BCUT2D eigenvalue weighted by molar-refractivity contribution is -0.143. The van der Waals surface area contributed by atoms with E-state index in [9.17, 15) is 9.90 Å². The fraction of sp³-hybridized carbons (Fsp3) is 0.368. The number of hydrogen-bond donors (Lipinski definition) is 1. The van der Waals surface area contributed by atoms with Gasteiger partial charge in [0.15, 0.2) is 0 Å². The number of carboxylic acids is 1. The van der Waals surface area contributed by atoms with Crippen molar-refractivity contribution >= 4 is 21.9 Å². The number of pyridine rings is 1. The number of halogens is 1. The first-order valence-corrected chi connectivity index (χ1v) is 9.00. The average molecular weight is 389 g/mol. The van der Waals surface area contributed by atoms with Crippen LogP contribution in [0, 0.1) is 12.8 Å². The van der Waals surface area contributed by atoms with Gasteiger partial charge in [0.25, 0.3) is 0 Å². The van der Waals surface area contributed by atoms with Crippen molar-refractivity contribution < 1.29 is 9.90 Å². The highest BCUT2D eigenvalue weighted by molar-refractivity contribution is 9.10. The third kappa shape index (κ3) is 3.84. The topological polar surface area (TPSA) is 53.4 Å². The SMILES string of the molecule is Cc1cccc(C(c2cccc(Br)c2)N2CCCC(C(=O)O)C2)n1. The zero-order valence-corrected chi connectivity index (χ0v) is 15.2. The minimum Gasteiger partial charge on any atom is -0.481 e. The third-order valence-electron chi connectivity index (χ3n) is 4.52. The Kier molecular flexibility index (Phi) is 5.31. The number of carboxylic acid groups (broad SMARTS) is 1. The van der Waals surface area contributed by atoms with E-state index in [4.69, 9.17) is 4.98 Å². The number of benzene rings is 1. The predicted octanol–water partition coefficient (Wildman–Crippen LogP) is 4.04. The molecule has 3 rings (SSSR count). The molecular formula is C19H21BrN2O2. The molecule has 24 heavy (non-hydrogen) atoms. The number of aryl methyl sites for hydroxylation is 1. The summed E-state index contributed by atoms with van der Waals surface area (Å²) >= 11 is 3.54. The van der Waals surface area contributed by atoms with Crippen molar-refractivity contribution in [2.75, 3.05) is 13.1 Å². The van der Waals surface area contributed by atoms with Gasteiger partial charge < -0.3 is 5.11 Å². The average Bonchev–Trinajstić information content (AvgIpc) is 2.55. The highest BCUT2D eigenvalue weighted by Crippen LogP contribution is 2.33. The normalized spacial score (nSPS) is 19.8. The fourth-order valence-corrected chi connectivity index (χ4v) is 3.82. The maximum atomic E-state index is 11.5. The lowest BCUT2D eigenvalue weighted by Crippen LogP contribution is -2.41. The molecule has 2 aromatic rings. The molecule has 126 valence electrons. The number of aliphatic carboxylic acids is 1. The monoisotopic (exact) mass is 388 g/mol. The van der Waals surface area contributed by atoms with Gasteiger partial charge in [-0.2, -0.15) is 0 Å². The highest BCUT2D eigenvalue weighted by Gasteiger charge is 2.32. The Hall–Kier alpha value is -1.72. The Bertz CT molecular complexity index is 689. The van der Waals surface area contributed by atoms with Crippen LogP contribution in [0.15, 0.2) is 46.9 Å². The summed E-state index contributed by atoms with van der Waals surface area (Å²) in [6.07, 6.45) is 1.64. The lowest BCUT2D eigenvalue weighted by Gasteiger charge is -2.37. The van der Waals surface area contributed by atoms with Gasteiger partial charge >= 0.3 is 5.97 Å². The molecule has 4 nitrogen and oxygen atoms in total. The van der Waals surface area contributed by atoms with Crippen LogP contribution in [0.25, 0.3) is 0 Å². The van der Waals surface area contributed by atoms with Crippen LogP contribution in [0.4, 0.5) is 0 Å². The van der Waals surface area contributed by atoms with Gasteiger partial charge in [-0.15, -0.1) is 0 Å². The molecule has 0 aliphatic carbocycles. The maximum Gasteiger partial charge on any atom is 0.307 e. The molecule has 0 amide bonds. The summed E-state index contributed by atoms with van der Waals surface area (Å²) in [7, 11) is 0. The molecule has 0 saturated carbocycles. The zero-order valence-electron chi connectivity index (χ0n) is 13.7. The summed E-state index contributed by atoms with van der Waals surface area (Å²) in [6.45, 7) is 3.43. The van der Waals surface area contributed by atoms with Gasteiger partial charge in [0, 0.05) is 16.7 Å². The number of nitrogens with zero attached hydrogens (tertiary/aromatic N) is 2. The van der Waals surface area contributed by atoms with E-state index >= 15 is 0 Å². The van der Waals surface area contributed by atoms with E-state index in [0.717, 1.165) is 40.8 Å². The second-order valence-corrected chi connectivity index (χ2v) is 7.25. The minimum atomic E-state index is -0.704. The summed E-state index contributed by atoms with van der Waals surface area (Å²) in [4.78, 5) is 18.4. The van der Waals surface area contributed by atoms with Gasteiger partial charge in [0.2, 0.25) is 0 Å². The Morgan fingerprint density at radius 2 is 2.12 bits per heavy atom. The molecule has 2 unspecified atom stereocenters. The van der Waals surface area contributed by atoms with Crippen LogP contribution in [-0.4, -0.2) is 34.0 Å². The Labute approximate surface area is 150 Å². The largest absolute Gasteiger partial charge is 0.481 e. The van der Waals surface area contributed by atoms with Crippen LogP contribution in [0.3, 0.4) is 0 Å². The molecule has 2 heterocycles. The second kappa shape index (κ2) is 7.45. The van der Waals surface area contributed by atoms with Crippen LogP contribution in [-0.2, 0) is 4.79 Å². The molecule has 1 N–H and O–H groups in total. The standard InChI is InChI=1S/C19H21BrN2O2/c1-13-5-2-9-17(21-13)18(14-6-3-8-16(20)11-14)22-10-4-7-15(12-22)19(23)24/h2-3,5-6,8-9,11,15,18H,4,7,10,12H2,1H3,(H,23,24). The number of piperidine rings is 1. The second-order valence-electron chi connectivity index (χ2n) is 6.33. The van der Waals surface area contributed by atoms with Gasteiger partial charge in [0.05, 0.1) is 17.7 Å². The van der Waals surface area contributed by atoms with E-state index in [1.165, 1.54) is 0 Å². The number of likely N-dealkylation sites (tertiary alicyclic amines) is 1. The first-order chi connectivity index (χ1) is 11.5. The van der Waals surface area contributed by atoms with E-state index in [2.05, 4.69) is 33.0 Å². The molecular weight excluding hydrogens is 368 g/mol. The van der Waals surface area contributed by atoms with Gasteiger partial charge in [0.1, 0.15) is 0 Å². The predicted molar refractivity (Wildman–Crippen MR) is 96.9 cm³/mol. The summed E-state index contributed by atoms with van der Waals surface area (Å²) in [6, 6.07) is 14.2. The van der Waals surface area contributed by atoms with E-state index in [-0.39, 0.29) is 12.0 Å². The first kappa shape index (κ1) is 17.1. The van der Waals surface area contributed by atoms with E-state index in [1.54, 1.807) is 0 Å². The van der Waals surface area contributed by atoms with Crippen molar-refractivity contribution in [1.29, 1.82) is 0 Å². The van der Waals surface area contributed by atoms with Crippen molar-refractivity contribution in [2.24, 2.45) is 5.92 Å². The van der Waals surface area contributed by atoms with Gasteiger partial charge in [-0.1, -0.05) is 34.1 Å². The molecule has 2 atom stereocenters. The van der Waals surface area contributed by atoms with Crippen molar-refractivity contribution in [2.45, 2.75) is 25.8 Å². The minimum absolute atomic E-state index is 0.0236.